The van der Waals surface area contributed by atoms with Crippen molar-refractivity contribution in [3.8, 4) is 5.75 Å². The van der Waals surface area contributed by atoms with E-state index in [1.807, 2.05) is 42.5 Å². The van der Waals surface area contributed by atoms with E-state index in [9.17, 15) is 0 Å². The number of nitrogens with two attached hydrogens (primary N) is 1. The van der Waals surface area contributed by atoms with Crippen molar-refractivity contribution >= 4 is 17.4 Å². The van der Waals surface area contributed by atoms with Gasteiger partial charge >= 0.3 is 0 Å². The molecule has 0 aliphatic carbocycles. The Hall–Kier alpha value is -2.00. The molecule has 98 valence electrons. The Bertz CT molecular complexity index is 538. The molecule has 2 rings (SSSR count). The highest BCUT2D eigenvalue weighted by atomic mass is 35.5. The van der Waals surface area contributed by atoms with Crippen molar-refractivity contribution in [3.63, 3.8) is 0 Å². The minimum absolute atomic E-state index is 0.328. The molecule has 0 fully saturated rings. The van der Waals surface area contributed by atoms with Crippen LogP contribution < -0.4 is 15.5 Å². The summed E-state index contributed by atoms with van der Waals surface area (Å²) in [5, 5.41) is 0.687. The molecule has 0 bridgehead atoms. The summed E-state index contributed by atoms with van der Waals surface area (Å²) in [5.74, 6) is 1.34. The summed E-state index contributed by atoms with van der Waals surface area (Å²) >= 11 is 5.79. The fourth-order valence-electron chi connectivity index (χ4n) is 1.55. The first-order valence-electron chi connectivity index (χ1n) is 6.01. The van der Waals surface area contributed by atoms with Crippen LogP contribution in [0.4, 0.5) is 0 Å². The first-order valence-corrected chi connectivity index (χ1v) is 6.39. The first-order chi connectivity index (χ1) is 9.24. The van der Waals surface area contributed by atoms with Crippen molar-refractivity contribution in [1.82, 2.24) is 0 Å². The minimum Gasteiger partial charge on any atom is -0.481 e. The molecule has 0 spiro atoms. The van der Waals surface area contributed by atoms with Crippen LogP contribution in [-0.2, 0) is 6.54 Å². The van der Waals surface area contributed by atoms with Gasteiger partial charge in [-0.05, 0) is 29.8 Å². The molecule has 0 saturated carbocycles. The van der Waals surface area contributed by atoms with Gasteiger partial charge in [-0.2, -0.15) is 0 Å². The summed E-state index contributed by atoms with van der Waals surface area (Å²) in [4.78, 5) is 3.12. The van der Waals surface area contributed by atoms with Crippen LogP contribution in [0, 0.1) is 0 Å². The Morgan fingerprint density at radius 2 is 1.74 bits per heavy atom. The van der Waals surface area contributed by atoms with Gasteiger partial charge in [0.15, 0.2) is 6.61 Å². The van der Waals surface area contributed by atoms with E-state index in [-0.39, 0.29) is 0 Å². The summed E-state index contributed by atoms with van der Waals surface area (Å²) in [5.41, 5.74) is 7.03. The van der Waals surface area contributed by atoms with E-state index in [2.05, 4.69) is 4.99 Å². The lowest BCUT2D eigenvalue weighted by molar-refractivity contribution is -0.477. The summed E-state index contributed by atoms with van der Waals surface area (Å²) < 4.78 is 5.53. The highest BCUT2D eigenvalue weighted by Crippen LogP contribution is 2.14. The Balaban J connectivity index is 1.84. The molecule has 3 N–H and O–H groups in total. The zero-order valence-corrected chi connectivity index (χ0v) is 11.2. The molecule has 0 unspecified atom stereocenters. The SMILES string of the molecule is NC(COc1ccc(Cl)cc1)=[NH+]Cc1ccccc1. The van der Waals surface area contributed by atoms with Gasteiger partial charge in [-0.3, -0.25) is 10.7 Å². The predicted octanol–water partition coefficient (Wildman–Crippen LogP) is 1.36. The highest BCUT2D eigenvalue weighted by Gasteiger charge is 2.01. The van der Waals surface area contributed by atoms with Gasteiger partial charge in [-0.15, -0.1) is 0 Å². The molecule has 0 aliphatic rings. The Morgan fingerprint density at radius 1 is 1.05 bits per heavy atom. The minimum atomic E-state index is 0.328. The number of nitrogens with one attached hydrogen (secondary N) is 1. The third-order valence-corrected chi connectivity index (χ3v) is 2.82. The van der Waals surface area contributed by atoms with E-state index in [4.69, 9.17) is 22.1 Å². The second-order valence-electron chi connectivity index (χ2n) is 4.11. The number of hydrogen-bond donors (Lipinski definition) is 2. The van der Waals surface area contributed by atoms with Gasteiger partial charge in [0, 0.05) is 5.02 Å². The molecule has 4 heteroatoms. The third kappa shape index (κ3) is 4.64. The molecule has 0 atom stereocenters. The second kappa shape index (κ2) is 6.81. The molecular weight excluding hydrogens is 260 g/mol. The quantitative estimate of drug-likeness (QED) is 0.639. The summed E-state index contributed by atoms with van der Waals surface area (Å²) in [7, 11) is 0. The van der Waals surface area contributed by atoms with Crippen molar-refractivity contribution in [3.05, 3.63) is 65.2 Å². The molecule has 2 aromatic carbocycles. The van der Waals surface area contributed by atoms with Crippen LogP contribution in [-0.4, -0.2) is 12.4 Å². The van der Waals surface area contributed by atoms with Gasteiger partial charge in [0.25, 0.3) is 5.84 Å². The maximum atomic E-state index is 5.85. The van der Waals surface area contributed by atoms with Crippen LogP contribution in [0.5, 0.6) is 5.75 Å². The molecule has 0 radical (unpaired) electrons. The molecule has 0 heterocycles. The van der Waals surface area contributed by atoms with Crippen LogP contribution in [0.3, 0.4) is 0 Å². The van der Waals surface area contributed by atoms with Crippen molar-refractivity contribution in [2.24, 2.45) is 5.73 Å². The number of halogens is 1. The zero-order valence-electron chi connectivity index (χ0n) is 10.5. The maximum absolute atomic E-state index is 5.85. The Kier molecular flexibility index (Phi) is 4.81. The lowest BCUT2D eigenvalue weighted by Crippen LogP contribution is -2.75. The van der Waals surface area contributed by atoms with E-state index in [1.165, 1.54) is 5.56 Å². The van der Waals surface area contributed by atoms with Crippen LogP contribution in [0.15, 0.2) is 54.6 Å². The van der Waals surface area contributed by atoms with Crippen molar-refractivity contribution < 1.29 is 9.73 Å². The van der Waals surface area contributed by atoms with E-state index in [0.717, 1.165) is 5.75 Å². The standard InChI is InChI=1S/C15H15ClN2O/c16-13-6-8-14(9-7-13)19-11-15(17)18-10-12-4-2-1-3-5-12/h1-9H,10-11H2,(H2,17,18)/p+1. The fraction of sp³-hybridized carbons (Fsp3) is 0.133. The summed E-state index contributed by atoms with van der Waals surface area (Å²) in [6.45, 7) is 1.02. The largest absolute Gasteiger partial charge is 0.481 e. The Labute approximate surface area is 117 Å². The maximum Gasteiger partial charge on any atom is 0.279 e. The normalized spacial score (nSPS) is 11.3. The fourth-order valence-corrected chi connectivity index (χ4v) is 1.68. The predicted molar refractivity (Wildman–Crippen MR) is 77.3 cm³/mol. The van der Waals surface area contributed by atoms with Crippen LogP contribution in [0.2, 0.25) is 5.02 Å². The second-order valence-corrected chi connectivity index (χ2v) is 4.54. The Morgan fingerprint density at radius 3 is 2.42 bits per heavy atom. The first kappa shape index (κ1) is 13.4. The van der Waals surface area contributed by atoms with Crippen LogP contribution in [0.1, 0.15) is 5.56 Å². The molecule has 3 nitrogen and oxygen atoms in total. The molecule has 0 aromatic heterocycles. The molecule has 0 aliphatic heterocycles. The number of benzene rings is 2. The smallest absolute Gasteiger partial charge is 0.279 e. The lowest BCUT2D eigenvalue weighted by Gasteiger charge is -2.03. The lowest BCUT2D eigenvalue weighted by atomic mass is 10.2. The molecule has 2 aromatic rings. The van der Waals surface area contributed by atoms with Gasteiger partial charge in [0.05, 0.1) is 0 Å². The van der Waals surface area contributed by atoms with Gasteiger partial charge in [-0.25, -0.2) is 0 Å². The van der Waals surface area contributed by atoms with E-state index in [1.54, 1.807) is 12.1 Å². The zero-order chi connectivity index (χ0) is 13.5. The van der Waals surface area contributed by atoms with Crippen LogP contribution in [0.25, 0.3) is 0 Å². The van der Waals surface area contributed by atoms with Gasteiger partial charge in [0.2, 0.25) is 0 Å². The summed E-state index contributed by atoms with van der Waals surface area (Å²) in [6.07, 6.45) is 0. The van der Waals surface area contributed by atoms with Crippen molar-refractivity contribution in [1.29, 1.82) is 0 Å². The monoisotopic (exact) mass is 275 g/mol. The van der Waals surface area contributed by atoms with E-state index >= 15 is 0 Å². The van der Waals surface area contributed by atoms with Gasteiger partial charge in [0.1, 0.15) is 12.3 Å². The average Bonchev–Trinajstić information content (AvgIpc) is 2.45. The molecule has 0 amide bonds. The van der Waals surface area contributed by atoms with Gasteiger partial charge in [-0.1, -0.05) is 41.9 Å². The molecule has 0 saturated heterocycles. The number of rotatable bonds is 5. The van der Waals surface area contributed by atoms with Crippen LogP contribution >= 0.6 is 11.6 Å². The highest BCUT2D eigenvalue weighted by molar-refractivity contribution is 6.30. The molecule has 19 heavy (non-hydrogen) atoms. The third-order valence-electron chi connectivity index (χ3n) is 2.57. The average molecular weight is 276 g/mol. The topological polar surface area (TPSA) is 49.2 Å². The van der Waals surface area contributed by atoms with E-state index in [0.29, 0.717) is 24.0 Å². The summed E-state index contributed by atoms with van der Waals surface area (Å²) in [6, 6.07) is 17.3. The van der Waals surface area contributed by atoms with Crippen molar-refractivity contribution in [2.75, 3.05) is 6.61 Å². The molecular formula is C15H16ClN2O+. The van der Waals surface area contributed by atoms with Crippen molar-refractivity contribution in [2.45, 2.75) is 6.54 Å². The van der Waals surface area contributed by atoms with Gasteiger partial charge < -0.3 is 4.74 Å². The number of amidine groups is 1. The number of ether oxygens (including phenoxy) is 1. The number of hydrogen-bond acceptors (Lipinski definition) is 1. The van der Waals surface area contributed by atoms with E-state index < -0.39 is 0 Å².